The lowest BCUT2D eigenvalue weighted by atomic mass is 10.00. The molecule has 0 aliphatic heterocycles. The normalized spacial score (nSPS) is 11.4. The number of nitrogens with zero attached hydrogens (tertiary/aromatic N) is 1. The first-order valence-electron chi connectivity index (χ1n) is 9.98. The van der Waals surface area contributed by atoms with Crippen LogP contribution in [0.2, 0.25) is 0 Å². The summed E-state index contributed by atoms with van der Waals surface area (Å²) in [6.07, 6.45) is 14.5. The highest BCUT2D eigenvalue weighted by Crippen LogP contribution is 2.18. The third-order valence-electron chi connectivity index (χ3n) is 4.85. The molecule has 0 bridgehead atoms. The van der Waals surface area contributed by atoms with Crippen molar-refractivity contribution in [3.63, 3.8) is 0 Å². The maximum atomic E-state index is 9.84. The number of halogens is 1. The minimum Gasteiger partial charge on any atom is -1.00 e. The summed E-state index contributed by atoms with van der Waals surface area (Å²) in [4.78, 5) is -0.922. The predicted molar refractivity (Wildman–Crippen MR) is 100 cm³/mol. The van der Waals surface area contributed by atoms with Gasteiger partial charge in [-0.3, -0.25) is 0 Å². The van der Waals surface area contributed by atoms with Crippen LogP contribution in [-0.2, 0) is 13.0 Å². The van der Waals surface area contributed by atoms with Gasteiger partial charge in [0.25, 0.3) is 0 Å². The fourth-order valence-corrected chi connectivity index (χ4v) is 3.14. The lowest BCUT2D eigenvalue weighted by Crippen LogP contribution is -3.00. The van der Waals surface area contributed by atoms with E-state index in [2.05, 4.69) is 13.0 Å². The second kappa shape index (κ2) is 14.5. The number of benzene rings is 1. The van der Waals surface area contributed by atoms with Crippen molar-refractivity contribution in [3.8, 4) is 0 Å². The van der Waals surface area contributed by atoms with E-state index in [0.29, 0.717) is 6.54 Å². The van der Waals surface area contributed by atoms with Gasteiger partial charge in [-0.1, -0.05) is 89.0 Å². The first-order valence-corrected chi connectivity index (χ1v) is 9.98. The molecule has 1 aromatic carbocycles. The molecule has 0 saturated heterocycles. The van der Waals surface area contributed by atoms with E-state index in [4.69, 9.17) is 0 Å². The Morgan fingerprint density at radius 2 is 1.20 bits per heavy atom. The van der Waals surface area contributed by atoms with Crippen LogP contribution in [0.5, 0.6) is 0 Å². The molecule has 0 amide bonds. The lowest BCUT2D eigenvalue weighted by molar-refractivity contribution is -1.25. The molecule has 0 aliphatic rings. The standard InChI is InChI=1S/C21H38NO2.ClH/c1-3-5-6-7-8-9-10-11-12-13-16-20-17-14-15-18-21(20)19-22(23,24)4-2;/h14-15,17-18,23-24H,3-13,16,19H2,1-2H3;1H/q+1;/p-1. The zero-order valence-electron chi connectivity index (χ0n) is 16.2. The van der Waals surface area contributed by atoms with Crippen molar-refractivity contribution in [2.75, 3.05) is 6.54 Å². The van der Waals surface area contributed by atoms with Crippen molar-refractivity contribution >= 4 is 0 Å². The van der Waals surface area contributed by atoms with E-state index in [1.54, 1.807) is 6.92 Å². The van der Waals surface area contributed by atoms with E-state index >= 15 is 0 Å². The molecule has 0 spiro atoms. The van der Waals surface area contributed by atoms with Gasteiger partial charge < -0.3 is 12.4 Å². The topological polar surface area (TPSA) is 40.5 Å². The average Bonchev–Trinajstić information content (AvgIpc) is 2.57. The van der Waals surface area contributed by atoms with Gasteiger partial charge in [-0.2, -0.15) is 10.4 Å². The van der Waals surface area contributed by atoms with Crippen LogP contribution in [0.15, 0.2) is 24.3 Å². The van der Waals surface area contributed by atoms with Crippen LogP contribution in [0.1, 0.15) is 89.2 Å². The quantitative estimate of drug-likeness (QED) is 0.299. The molecule has 4 heteroatoms. The van der Waals surface area contributed by atoms with Gasteiger partial charge in [-0.05, 0) is 30.1 Å². The molecule has 0 radical (unpaired) electrons. The first kappa shape index (κ1) is 24.4. The summed E-state index contributed by atoms with van der Waals surface area (Å²) < 4.78 is 0. The van der Waals surface area contributed by atoms with Crippen LogP contribution in [0.3, 0.4) is 0 Å². The van der Waals surface area contributed by atoms with Crippen LogP contribution in [0.4, 0.5) is 0 Å². The van der Waals surface area contributed by atoms with E-state index in [1.165, 1.54) is 69.8 Å². The molecule has 1 aromatic rings. The summed E-state index contributed by atoms with van der Waals surface area (Å²) in [6, 6.07) is 8.16. The second-order valence-electron chi connectivity index (χ2n) is 7.05. The van der Waals surface area contributed by atoms with Crippen molar-refractivity contribution in [2.24, 2.45) is 0 Å². The Morgan fingerprint density at radius 1 is 0.720 bits per heavy atom. The maximum absolute atomic E-state index is 9.84. The molecule has 0 heterocycles. The van der Waals surface area contributed by atoms with Gasteiger partial charge in [0.15, 0.2) is 6.54 Å². The first-order chi connectivity index (χ1) is 11.6. The van der Waals surface area contributed by atoms with Crippen LogP contribution >= 0.6 is 0 Å². The highest BCUT2D eigenvalue weighted by atomic mass is 35.5. The van der Waals surface area contributed by atoms with Gasteiger partial charge in [-0.25, -0.2) is 0 Å². The number of unbranched alkanes of at least 4 members (excludes halogenated alkanes) is 9. The van der Waals surface area contributed by atoms with E-state index < -0.39 is 4.81 Å². The van der Waals surface area contributed by atoms with Crippen molar-refractivity contribution in [2.45, 2.75) is 91.0 Å². The summed E-state index contributed by atoms with van der Waals surface area (Å²) in [7, 11) is 0. The van der Waals surface area contributed by atoms with Gasteiger partial charge >= 0.3 is 0 Å². The van der Waals surface area contributed by atoms with Crippen LogP contribution in [0, 0.1) is 0 Å². The molecular formula is C21H38ClNO2. The van der Waals surface area contributed by atoms with Crippen LogP contribution < -0.4 is 12.4 Å². The van der Waals surface area contributed by atoms with E-state index in [9.17, 15) is 10.4 Å². The zero-order chi connectivity index (χ0) is 17.7. The van der Waals surface area contributed by atoms with Crippen molar-refractivity contribution in [3.05, 3.63) is 35.4 Å². The summed E-state index contributed by atoms with van der Waals surface area (Å²) in [6.45, 7) is 4.61. The second-order valence-corrected chi connectivity index (χ2v) is 7.05. The van der Waals surface area contributed by atoms with Gasteiger partial charge in [0.2, 0.25) is 0 Å². The highest BCUT2D eigenvalue weighted by Gasteiger charge is 2.21. The fraction of sp³-hybridized carbons (Fsp3) is 0.714. The Bertz CT molecular complexity index is 438. The number of hydrogen-bond donors (Lipinski definition) is 2. The molecule has 1 rings (SSSR count). The summed E-state index contributed by atoms with van der Waals surface area (Å²) in [5.41, 5.74) is 2.32. The van der Waals surface area contributed by atoms with Crippen molar-refractivity contribution in [1.82, 2.24) is 0 Å². The Morgan fingerprint density at radius 3 is 1.72 bits per heavy atom. The molecule has 0 aromatic heterocycles. The number of hydrogen-bond acceptors (Lipinski definition) is 2. The summed E-state index contributed by atoms with van der Waals surface area (Å²) >= 11 is 0. The van der Waals surface area contributed by atoms with Gasteiger partial charge in [0, 0.05) is 5.56 Å². The lowest BCUT2D eigenvalue weighted by Gasteiger charge is -2.21. The minimum absolute atomic E-state index is 0. The van der Waals surface area contributed by atoms with Crippen molar-refractivity contribution < 1.29 is 27.6 Å². The zero-order valence-corrected chi connectivity index (χ0v) is 17.0. The largest absolute Gasteiger partial charge is 1.00 e. The SMILES string of the molecule is CCCCCCCCCCCCc1ccccc1C[N+](O)(O)CC.[Cl-]. The number of quaternary nitrogens is 1. The van der Waals surface area contributed by atoms with E-state index in [0.717, 1.165) is 12.0 Å². The Balaban J connectivity index is 0.00000576. The third kappa shape index (κ3) is 11.6. The van der Waals surface area contributed by atoms with Crippen molar-refractivity contribution in [1.29, 1.82) is 0 Å². The fourth-order valence-electron chi connectivity index (χ4n) is 3.14. The summed E-state index contributed by atoms with van der Waals surface area (Å²) in [5.74, 6) is 0. The number of aryl methyl sites for hydroxylation is 1. The van der Waals surface area contributed by atoms with Gasteiger partial charge in [-0.15, -0.1) is 0 Å². The molecule has 0 fully saturated rings. The molecule has 2 N–H and O–H groups in total. The van der Waals surface area contributed by atoms with Gasteiger partial charge in [0.05, 0.1) is 0 Å². The molecule has 0 aliphatic carbocycles. The van der Waals surface area contributed by atoms with Crippen LogP contribution in [0.25, 0.3) is 0 Å². The molecule has 0 unspecified atom stereocenters. The summed E-state index contributed by atoms with van der Waals surface area (Å²) in [5, 5.41) is 19.7. The Labute approximate surface area is 161 Å². The van der Waals surface area contributed by atoms with E-state index in [1.807, 2.05) is 18.2 Å². The Hall–Kier alpha value is -0.610. The Kier molecular flexibility index (Phi) is 14.2. The minimum atomic E-state index is -0.922. The van der Waals surface area contributed by atoms with Crippen LogP contribution in [-0.4, -0.2) is 21.8 Å². The predicted octanol–water partition coefficient (Wildman–Crippen LogP) is 3.27. The maximum Gasteiger partial charge on any atom is 0.167 e. The average molecular weight is 372 g/mol. The molecular weight excluding hydrogens is 334 g/mol. The molecule has 0 saturated carbocycles. The smallest absolute Gasteiger partial charge is 0.167 e. The molecule has 146 valence electrons. The molecule has 3 nitrogen and oxygen atoms in total. The van der Waals surface area contributed by atoms with Gasteiger partial charge in [0.1, 0.15) is 6.54 Å². The monoisotopic (exact) mass is 371 g/mol. The molecule has 25 heavy (non-hydrogen) atoms. The van der Waals surface area contributed by atoms with E-state index in [-0.39, 0.29) is 19.0 Å². The number of hydroxylamine groups is 4. The third-order valence-corrected chi connectivity index (χ3v) is 4.85. The number of rotatable bonds is 14. The molecule has 0 atom stereocenters. The highest BCUT2D eigenvalue weighted by molar-refractivity contribution is 5.26.